The topological polar surface area (TPSA) is 68.7 Å². The second-order valence-electron chi connectivity index (χ2n) is 13.9. The SMILES string of the molecule is c1ccc(-c2nc3c(ccc4oc5ccc(-c6ccc(N(c7ccc8c(c7)oc7ccccc78)c7ccc8oc9ccccc9c8c7)cc6)cc5c43)o2)cc1. The molecule has 0 spiro atoms. The highest BCUT2D eigenvalue weighted by atomic mass is 16.4. The summed E-state index contributed by atoms with van der Waals surface area (Å²) in [5.74, 6) is 0.591. The Morgan fingerprint density at radius 2 is 0.891 bits per heavy atom. The number of rotatable bonds is 5. The molecule has 0 amide bonds. The minimum absolute atomic E-state index is 0.591. The zero-order valence-electron chi connectivity index (χ0n) is 29.2. The van der Waals surface area contributed by atoms with Crippen molar-refractivity contribution in [2.75, 3.05) is 4.90 Å². The van der Waals surface area contributed by atoms with E-state index < -0.39 is 0 Å². The van der Waals surface area contributed by atoms with Gasteiger partial charge in [-0.15, -0.1) is 0 Å². The van der Waals surface area contributed by atoms with Crippen LogP contribution in [0.3, 0.4) is 0 Å². The van der Waals surface area contributed by atoms with Gasteiger partial charge >= 0.3 is 0 Å². The largest absolute Gasteiger partial charge is 0.456 e. The number of fused-ring (bicyclic) bond motifs is 11. The minimum atomic E-state index is 0.591. The van der Waals surface area contributed by atoms with Crippen molar-refractivity contribution in [3.05, 3.63) is 170 Å². The Balaban J connectivity index is 0.984. The highest BCUT2D eigenvalue weighted by Gasteiger charge is 2.20. The van der Waals surface area contributed by atoms with Crippen LogP contribution in [0.2, 0.25) is 0 Å². The van der Waals surface area contributed by atoms with Gasteiger partial charge in [-0.25, -0.2) is 4.98 Å². The van der Waals surface area contributed by atoms with Gasteiger partial charge in [0.1, 0.15) is 39.0 Å². The monoisotopic (exact) mass is 708 g/mol. The smallest absolute Gasteiger partial charge is 0.227 e. The van der Waals surface area contributed by atoms with Crippen molar-refractivity contribution < 1.29 is 17.7 Å². The minimum Gasteiger partial charge on any atom is -0.456 e. The molecular formula is C49H28N2O4. The van der Waals surface area contributed by atoms with Gasteiger partial charge in [-0.3, -0.25) is 0 Å². The van der Waals surface area contributed by atoms with Gasteiger partial charge in [0.05, 0.1) is 5.39 Å². The summed E-state index contributed by atoms with van der Waals surface area (Å²) in [7, 11) is 0. The van der Waals surface area contributed by atoms with E-state index in [0.29, 0.717) is 5.89 Å². The summed E-state index contributed by atoms with van der Waals surface area (Å²) in [6, 6.07) is 58.1. The highest BCUT2D eigenvalue weighted by Crippen LogP contribution is 2.42. The van der Waals surface area contributed by atoms with E-state index in [4.69, 9.17) is 22.7 Å². The second kappa shape index (κ2) is 11.5. The molecule has 0 fully saturated rings. The molecule has 0 aliphatic rings. The third-order valence-electron chi connectivity index (χ3n) is 10.7. The van der Waals surface area contributed by atoms with Crippen LogP contribution in [-0.2, 0) is 0 Å². The lowest BCUT2D eigenvalue weighted by atomic mass is 10.0. The number of nitrogens with zero attached hydrogens (tertiary/aromatic N) is 2. The van der Waals surface area contributed by atoms with Gasteiger partial charge in [0.2, 0.25) is 5.89 Å². The van der Waals surface area contributed by atoms with E-state index in [9.17, 15) is 0 Å². The van der Waals surface area contributed by atoms with Crippen LogP contribution in [0.25, 0.3) is 99.5 Å². The normalized spacial score (nSPS) is 12.0. The summed E-state index contributed by atoms with van der Waals surface area (Å²) >= 11 is 0. The maximum atomic E-state index is 6.36. The first-order valence-electron chi connectivity index (χ1n) is 18.3. The van der Waals surface area contributed by atoms with Crippen LogP contribution in [-0.4, -0.2) is 4.98 Å². The lowest BCUT2D eigenvalue weighted by Crippen LogP contribution is -2.09. The quantitative estimate of drug-likeness (QED) is 0.177. The second-order valence-corrected chi connectivity index (χ2v) is 13.9. The molecule has 4 aromatic heterocycles. The average Bonchev–Trinajstić information content (AvgIpc) is 4.02. The van der Waals surface area contributed by atoms with E-state index >= 15 is 0 Å². The molecule has 0 atom stereocenters. The lowest BCUT2D eigenvalue weighted by molar-refractivity contribution is 0.619. The Kier molecular flexibility index (Phi) is 6.24. The first-order valence-corrected chi connectivity index (χ1v) is 18.3. The van der Waals surface area contributed by atoms with Gasteiger partial charge in [0.15, 0.2) is 5.58 Å². The van der Waals surface area contributed by atoms with Gasteiger partial charge in [-0.05, 0) is 102 Å². The Morgan fingerprint density at radius 3 is 1.73 bits per heavy atom. The molecule has 0 aliphatic carbocycles. The Bertz CT molecular complexity index is 3440. The van der Waals surface area contributed by atoms with Crippen molar-refractivity contribution in [1.82, 2.24) is 4.98 Å². The fraction of sp³-hybridized carbons (Fsp3) is 0. The Hall–Kier alpha value is -7.57. The summed E-state index contributed by atoms with van der Waals surface area (Å²) in [5, 5.41) is 6.30. The van der Waals surface area contributed by atoms with Gasteiger partial charge < -0.3 is 22.6 Å². The molecule has 0 saturated heterocycles. The van der Waals surface area contributed by atoms with E-state index in [1.165, 1.54) is 0 Å². The van der Waals surface area contributed by atoms with Crippen LogP contribution in [0.1, 0.15) is 0 Å². The number of para-hydroxylation sites is 2. The van der Waals surface area contributed by atoms with Crippen LogP contribution >= 0.6 is 0 Å². The molecule has 0 unspecified atom stereocenters. The zero-order valence-corrected chi connectivity index (χ0v) is 29.2. The van der Waals surface area contributed by atoms with Crippen LogP contribution in [0.5, 0.6) is 0 Å². The van der Waals surface area contributed by atoms with Crippen LogP contribution < -0.4 is 4.90 Å². The number of benzene rings is 8. The number of hydrogen-bond acceptors (Lipinski definition) is 6. The van der Waals surface area contributed by atoms with E-state index in [-0.39, 0.29) is 0 Å². The summed E-state index contributed by atoms with van der Waals surface area (Å²) in [4.78, 5) is 7.22. The summed E-state index contributed by atoms with van der Waals surface area (Å²) < 4.78 is 25.1. The van der Waals surface area contributed by atoms with E-state index in [2.05, 4.69) is 95.9 Å². The average molecular weight is 709 g/mol. The van der Waals surface area contributed by atoms with Crippen molar-refractivity contribution >= 4 is 94.0 Å². The fourth-order valence-electron chi connectivity index (χ4n) is 8.09. The number of anilines is 3. The maximum Gasteiger partial charge on any atom is 0.227 e. The molecule has 4 heterocycles. The van der Waals surface area contributed by atoms with Gasteiger partial charge in [-0.2, -0.15) is 0 Å². The summed E-state index contributed by atoms with van der Waals surface area (Å²) in [6.45, 7) is 0. The van der Waals surface area contributed by atoms with Gasteiger partial charge in [0.25, 0.3) is 0 Å². The molecule has 6 nitrogen and oxygen atoms in total. The molecule has 8 aromatic carbocycles. The number of oxazole rings is 1. The maximum absolute atomic E-state index is 6.36. The number of furan rings is 3. The molecule has 6 heteroatoms. The summed E-state index contributed by atoms with van der Waals surface area (Å²) in [5.41, 5.74) is 12.7. The molecule has 0 saturated carbocycles. The third kappa shape index (κ3) is 4.65. The first kappa shape index (κ1) is 29.9. The molecule has 0 aliphatic heterocycles. The molecular weight excluding hydrogens is 681 g/mol. The van der Waals surface area contributed by atoms with Crippen LogP contribution in [0.4, 0.5) is 17.1 Å². The van der Waals surface area contributed by atoms with E-state index in [0.717, 1.165) is 111 Å². The lowest BCUT2D eigenvalue weighted by Gasteiger charge is -2.25. The third-order valence-corrected chi connectivity index (χ3v) is 10.7. The van der Waals surface area contributed by atoms with E-state index in [1.807, 2.05) is 78.9 Å². The van der Waals surface area contributed by atoms with Crippen molar-refractivity contribution in [3.8, 4) is 22.6 Å². The van der Waals surface area contributed by atoms with Crippen molar-refractivity contribution in [3.63, 3.8) is 0 Å². The summed E-state index contributed by atoms with van der Waals surface area (Å²) in [6.07, 6.45) is 0. The highest BCUT2D eigenvalue weighted by molar-refractivity contribution is 6.17. The molecule has 12 rings (SSSR count). The fourth-order valence-corrected chi connectivity index (χ4v) is 8.09. The molecule has 258 valence electrons. The zero-order chi connectivity index (χ0) is 36.0. The standard InChI is InChI=1S/C49H28N2O4/c1-2-8-30(9-3-1)49-50-48-45(55-49)25-24-44-47(48)39-26-31(16-22-43(39)53-44)29-14-17-32(18-15-29)51(33-20-23-42-38(27-33)36-11-5-7-13-41(36)52-42)34-19-21-37-35-10-4-6-12-40(35)54-46(37)28-34/h1-28H. The molecule has 0 N–H and O–H groups in total. The molecule has 0 bridgehead atoms. The first-order chi connectivity index (χ1) is 27.2. The van der Waals surface area contributed by atoms with Crippen molar-refractivity contribution in [2.45, 2.75) is 0 Å². The molecule has 55 heavy (non-hydrogen) atoms. The van der Waals surface area contributed by atoms with Crippen molar-refractivity contribution in [2.24, 2.45) is 0 Å². The Labute approximate surface area is 313 Å². The van der Waals surface area contributed by atoms with E-state index in [1.54, 1.807) is 0 Å². The van der Waals surface area contributed by atoms with Gasteiger partial charge in [-0.1, -0.05) is 72.8 Å². The van der Waals surface area contributed by atoms with Crippen LogP contribution in [0.15, 0.2) is 188 Å². The predicted octanol–water partition coefficient (Wildman–Crippen LogP) is 14.3. The molecule has 12 aromatic rings. The number of aromatic nitrogens is 1. The Morgan fingerprint density at radius 1 is 0.327 bits per heavy atom. The molecule has 0 radical (unpaired) electrons. The van der Waals surface area contributed by atoms with Crippen molar-refractivity contribution in [1.29, 1.82) is 0 Å². The van der Waals surface area contributed by atoms with Gasteiger partial charge in [0, 0.05) is 55.6 Å². The number of hydrogen-bond donors (Lipinski definition) is 0. The predicted molar refractivity (Wildman–Crippen MR) is 221 cm³/mol. The van der Waals surface area contributed by atoms with Crippen LogP contribution in [0, 0.1) is 0 Å².